The normalized spacial score (nSPS) is 18.7. The fourth-order valence-corrected chi connectivity index (χ4v) is 4.90. The third kappa shape index (κ3) is 4.98. The van der Waals surface area contributed by atoms with Crippen molar-refractivity contribution < 1.29 is 5.11 Å². The van der Waals surface area contributed by atoms with Crippen molar-refractivity contribution >= 4 is 24.0 Å². The molecule has 3 aromatic rings. The number of aliphatic hydroxyl groups is 1. The zero-order valence-electron chi connectivity index (χ0n) is 19.0. The maximum Gasteiger partial charge on any atom is 0.172 e. The summed E-state index contributed by atoms with van der Waals surface area (Å²) in [6, 6.07) is 10.9. The van der Waals surface area contributed by atoms with E-state index in [1.807, 2.05) is 6.20 Å². The number of rotatable bonds is 5. The van der Waals surface area contributed by atoms with Crippen LogP contribution in [0, 0.1) is 6.92 Å². The maximum atomic E-state index is 9.88. The highest BCUT2D eigenvalue weighted by molar-refractivity contribution is 5.85. The van der Waals surface area contributed by atoms with Gasteiger partial charge < -0.3 is 14.9 Å². The molecule has 0 saturated carbocycles. The predicted octanol–water partition coefficient (Wildman–Crippen LogP) is 2.80. The molecule has 0 amide bonds. The maximum absolute atomic E-state index is 9.88. The summed E-state index contributed by atoms with van der Waals surface area (Å²) in [6.45, 7) is 7.38. The molecule has 2 aliphatic rings. The van der Waals surface area contributed by atoms with Crippen molar-refractivity contribution in [2.45, 2.75) is 31.9 Å². The van der Waals surface area contributed by atoms with Crippen molar-refractivity contribution in [2.24, 2.45) is 0 Å². The second kappa shape index (κ2) is 10.5. The summed E-state index contributed by atoms with van der Waals surface area (Å²) in [5, 5.41) is 17.3. The van der Waals surface area contributed by atoms with Crippen LogP contribution in [0.5, 0.6) is 0 Å². The molecule has 8 nitrogen and oxygen atoms in total. The Kier molecular flexibility index (Phi) is 7.47. The quantitative estimate of drug-likeness (QED) is 0.594. The Morgan fingerprint density at radius 2 is 1.52 bits per heavy atom. The zero-order chi connectivity index (χ0) is 21.9. The summed E-state index contributed by atoms with van der Waals surface area (Å²) in [4.78, 5) is 16.5. The Hall–Kier alpha value is -2.68. The molecule has 0 bridgehead atoms. The van der Waals surface area contributed by atoms with Crippen LogP contribution in [0.1, 0.15) is 35.7 Å². The minimum absolute atomic E-state index is 0. The number of aryl methyl sites for hydroxylation is 1. The summed E-state index contributed by atoms with van der Waals surface area (Å²) in [5.41, 5.74) is 3.64. The van der Waals surface area contributed by atoms with E-state index in [9.17, 15) is 5.11 Å². The van der Waals surface area contributed by atoms with Crippen molar-refractivity contribution in [3.05, 3.63) is 65.7 Å². The molecule has 2 N–H and O–H groups in total. The van der Waals surface area contributed by atoms with Crippen LogP contribution >= 0.6 is 12.4 Å². The lowest BCUT2D eigenvalue weighted by atomic mass is 9.97. The van der Waals surface area contributed by atoms with E-state index in [0.717, 1.165) is 69.4 Å². The van der Waals surface area contributed by atoms with Gasteiger partial charge >= 0.3 is 0 Å². The summed E-state index contributed by atoms with van der Waals surface area (Å²) < 4.78 is 0. The van der Waals surface area contributed by atoms with Crippen LogP contribution in [0.25, 0.3) is 0 Å². The molecule has 2 aromatic heterocycles. The number of benzene rings is 1. The molecule has 0 spiro atoms. The lowest BCUT2D eigenvalue weighted by molar-refractivity contribution is 0.145. The SMILES string of the molecule is Cc1[nH]ncc1C(c1ccccc1)N1CCN(c2nccnc2N2CCC(O)CC2)CC1.Cl. The number of anilines is 2. The Bertz CT molecular complexity index is 1010. The fourth-order valence-electron chi connectivity index (χ4n) is 4.90. The van der Waals surface area contributed by atoms with Crippen LogP contribution in [0.3, 0.4) is 0 Å². The van der Waals surface area contributed by atoms with Crippen LogP contribution in [-0.4, -0.2) is 75.5 Å². The van der Waals surface area contributed by atoms with Gasteiger partial charge in [-0.3, -0.25) is 10.00 Å². The molecular formula is C24H32ClN7O. The van der Waals surface area contributed by atoms with Gasteiger partial charge in [0.25, 0.3) is 0 Å². The molecule has 1 aromatic carbocycles. The number of hydrogen-bond acceptors (Lipinski definition) is 7. The van der Waals surface area contributed by atoms with Crippen LogP contribution < -0.4 is 9.80 Å². The Labute approximate surface area is 201 Å². The number of piperazine rings is 1. The van der Waals surface area contributed by atoms with E-state index >= 15 is 0 Å². The first-order valence-electron chi connectivity index (χ1n) is 11.5. The summed E-state index contributed by atoms with van der Waals surface area (Å²) in [5.74, 6) is 1.90. The first-order valence-corrected chi connectivity index (χ1v) is 11.5. The van der Waals surface area contributed by atoms with Gasteiger partial charge in [-0.05, 0) is 25.3 Å². The molecule has 2 saturated heterocycles. The number of aromatic amines is 1. The number of hydrogen-bond donors (Lipinski definition) is 2. The van der Waals surface area contributed by atoms with E-state index in [2.05, 4.69) is 67.1 Å². The van der Waals surface area contributed by atoms with Gasteiger partial charge in [-0.2, -0.15) is 5.10 Å². The standard InChI is InChI=1S/C24H31N7O.ClH/c1-18-21(17-27-28-18)22(19-5-3-2-4-6-19)29-13-15-31(16-14-29)24-23(25-9-10-26-24)30-11-7-20(32)8-12-30;/h2-6,9-10,17,20,22,32H,7-8,11-16H2,1H3,(H,27,28);1H. The van der Waals surface area contributed by atoms with E-state index in [1.54, 1.807) is 12.4 Å². The van der Waals surface area contributed by atoms with Gasteiger partial charge in [-0.1, -0.05) is 30.3 Å². The average Bonchev–Trinajstić information content (AvgIpc) is 3.26. The average molecular weight is 470 g/mol. The second-order valence-electron chi connectivity index (χ2n) is 8.71. The fraction of sp³-hybridized carbons (Fsp3) is 0.458. The third-order valence-electron chi connectivity index (χ3n) is 6.68. The van der Waals surface area contributed by atoms with Crippen LogP contribution in [0.4, 0.5) is 11.6 Å². The first kappa shape index (κ1) is 23.5. The van der Waals surface area contributed by atoms with E-state index in [-0.39, 0.29) is 24.6 Å². The van der Waals surface area contributed by atoms with Gasteiger partial charge in [0.2, 0.25) is 0 Å². The Balaban J connectivity index is 0.00000259. The van der Waals surface area contributed by atoms with E-state index in [1.165, 1.54) is 11.1 Å². The van der Waals surface area contributed by atoms with Crippen molar-refractivity contribution in [1.29, 1.82) is 0 Å². The molecule has 1 atom stereocenters. The molecule has 4 heterocycles. The largest absolute Gasteiger partial charge is 0.393 e. The highest BCUT2D eigenvalue weighted by Gasteiger charge is 2.30. The van der Waals surface area contributed by atoms with Crippen LogP contribution in [-0.2, 0) is 0 Å². The highest BCUT2D eigenvalue weighted by Crippen LogP contribution is 2.33. The Morgan fingerprint density at radius 3 is 2.09 bits per heavy atom. The minimum atomic E-state index is -0.198. The predicted molar refractivity (Wildman–Crippen MR) is 132 cm³/mol. The van der Waals surface area contributed by atoms with Gasteiger partial charge in [0.15, 0.2) is 11.6 Å². The molecule has 9 heteroatoms. The summed E-state index contributed by atoms with van der Waals surface area (Å²) >= 11 is 0. The van der Waals surface area contributed by atoms with Gasteiger partial charge in [-0.15, -0.1) is 12.4 Å². The molecular weight excluding hydrogens is 438 g/mol. The summed E-state index contributed by atoms with van der Waals surface area (Å²) in [6.07, 6.45) is 6.89. The van der Waals surface area contributed by atoms with Crippen molar-refractivity contribution in [2.75, 3.05) is 49.1 Å². The van der Waals surface area contributed by atoms with Gasteiger partial charge in [0, 0.05) is 62.9 Å². The number of aliphatic hydroxyl groups excluding tert-OH is 1. The van der Waals surface area contributed by atoms with E-state index in [0.29, 0.717) is 0 Å². The smallest absolute Gasteiger partial charge is 0.172 e. The lowest BCUT2D eigenvalue weighted by Gasteiger charge is -2.41. The van der Waals surface area contributed by atoms with Gasteiger partial charge in [-0.25, -0.2) is 9.97 Å². The number of piperidine rings is 1. The monoisotopic (exact) mass is 469 g/mol. The first-order chi connectivity index (χ1) is 15.7. The van der Waals surface area contributed by atoms with Crippen molar-refractivity contribution in [3.8, 4) is 0 Å². The molecule has 2 fully saturated rings. The van der Waals surface area contributed by atoms with Crippen LogP contribution in [0.2, 0.25) is 0 Å². The molecule has 0 radical (unpaired) electrons. The van der Waals surface area contributed by atoms with E-state index < -0.39 is 0 Å². The topological polar surface area (TPSA) is 84.4 Å². The lowest BCUT2D eigenvalue weighted by Crippen LogP contribution is -2.49. The second-order valence-corrected chi connectivity index (χ2v) is 8.71. The van der Waals surface area contributed by atoms with Crippen molar-refractivity contribution in [3.63, 3.8) is 0 Å². The number of nitrogens with one attached hydrogen (secondary N) is 1. The zero-order valence-corrected chi connectivity index (χ0v) is 19.8. The van der Waals surface area contributed by atoms with Gasteiger partial charge in [0.1, 0.15) is 0 Å². The molecule has 176 valence electrons. The number of aromatic nitrogens is 4. The van der Waals surface area contributed by atoms with Gasteiger partial charge in [0.05, 0.1) is 18.3 Å². The number of halogens is 1. The summed E-state index contributed by atoms with van der Waals surface area (Å²) in [7, 11) is 0. The minimum Gasteiger partial charge on any atom is -0.393 e. The number of H-pyrrole nitrogens is 1. The van der Waals surface area contributed by atoms with E-state index in [4.69, 9.17) is 4.98 Å². The molecule has 2 aliphatic heterocycles. The highest BCUT2D eigenvalue weighted by atomic mass is 35.5. The number of nitrogens with zero attached hydrogens (tertiary/aromatic N) is 6. The molecule has 33 heavy (non-hydrogen) atoms. The van der Waals surface area contributed by atoms with Crippen LogP contribution in [0.15, 0.2) is 48.9 Å². The Morgan fingerprint density at radius 1 is 0.909 bits per heavy atom. The third-order valence-corrected chi connectivity index (χ3v) is 6.68. The molecule has 1 unspecified atom stereocenters. The van der Waals surface area contributed by atoms with Crippen molar-refractivity contribution in [1.82, 2.24) is 25.1 Å². The molecule has 0 aliphatic carbocycles. The molecule has 5 rings (SSSR count).